The fourth-order valence-corrected chi connectivity index (χ4v) is 3.02. The maximum atomic E-state index is 13.1. The SMILES string of the molecule is Cc1nc(-c2ccc(F)cc2)ccc1C(=O)Nc1ccc2c(cnn2C)c1. The summed E-state index contributed by atoms with van der Waals surface area (Å²) >= 11 is 0. The van der Waals surface area contributed by atoms with Crippen molar-refractivity contribution in [3.8, 4) is 11.3 Å². The highest BCUT2D eigenvalue weighted by atomic mass is 19.1. The molecule has 134 valence electrons. The van der Waals surface area contributed by atoms with E-state index in [0.29, 0.717) is 22.6 Å². The summed E-state index contributed by atoms with van der Waals surface area (Å²) < 4.78 is 14.9. The summed E-state index contributed by atoms with van der Waals surface area (Å²) in [6.07, 6.45) is 1.76. The van der Waals surface area contributed by atoms with Crippen molar-refractivity contribution >= 4 is 22.5 Å². The van der Waals surface area contributed by atoms with E-state index >= 15 is 0 Å². The van der Waals surface area contributed by atoms with Gasteiger partial charge in [0.1, 0.15) is 5.82 Å². The Kier molecular flexibility index (Phi) is 4.16. The van der Waals surface area contributed by atoms with E-state index in [1.807, 2.05) is 25.2 Å². The van der Waals surface area contributed by atoms with Gasteiger partial charge in [0.05, 0.1) is 28.7 Å². The lowest BCUT2D eigenvalue weighted by Gasteiger charge is -2.09. The Labute approximate surface area is 155 Å². The highest BCUT2D eigenvalue weighted by molar-refractivity contribution is 6.05. The molecular formula is C21H17FN4O. The molecule has 4 rings (SSSR count). The van der Waals surface area contributed by atoms with Crippen LogP contribution in [0.4, 0.5) is 10.1 Å². The third kappa shape index (κ3) is 3.29. The molecule has 0 aliphatic rings. The molecule has 5 nitrogen and oxygen atoms in total. The zero-order valence-corrected chi connectivity index (χ0v) is 14.9. The number of carbonyl (C=O) groups is 1. The predicted molar refractivity (Wildman–Crippen MR) is 103 cm³/mol. The molecule has 1 amide bonds. The van der Waals surface area contributed by atoms with E-state index < -0.39 is 0 Å². The molecule has 0 aliphatic heterocycles. The van der Waals surface area contributed by atoms with Gasteiger partial charge in [-0.2, -0.15) is 5.10 Å². The minimum Gasteiger partial charge on any atom is -0.322 e. The Hall–Kier alpha value is -3.54. The lowest BCUT2D eigenvalue weighted by molar-refractivity contribution is 0.102. The van der Waals surface area contributed by atoms with Gasteiger partial charge in [-0.15, -0.1) is 0 Å². The number of nitrogens with one attached hydrogen (secondary N) is 1. The molecule has 0 saturated heterocycles. The van der Waals surface area contributed by atoms with Gasteiger partial charge < -0.3 is 5.32 Å². The zero-order valence-electron chi connectivity index (χ0n) is 14.9. The number of nitrogens with zero attached hydrogens (tertiary/aromatic N) is 3. The smallest absolute Gasteiger partial charge is 0.257 e. The van der Waals surface area contributed by atoms with E-state index in [2.05, 4.69) is 15.4 Å². The third-order valence-electron chi connectivity index (χ3n) is 4.47. The van der Waals surface area contributed by atoms with Crippen molar-refractivity contribution in [2.75, 3.05) is 5.32 Å². The Morgan fingerprint density at radius 1 is 1.07 bits per heavy atom. The molecule has 6 heteroatoms. The number of halogens is 1. The maximum Gasteiger partial charge on any atom is 0.257 e. The number of benzene rings is 2. The van der Waals surface area contributed by atoms with Crippen LogP contribution in [-0.2, 0) is 7.05 Å². The van der Waals surface area contributed by atoms with Crippen LogP contribution in [0.3, 0.4) is 0 Å². The highest BCUT2D eigenvalue weighted by Gasteiger charge is 2.12. The van der Waals surface area contributed by atoms with Crippen LogP contribution >= 0.6 is 0 Å². The fraction of sp³-hybridized carbons (Fsp3) is 0.0952. The van der Waals surface area contributed by atoms with Gasteiger partial charge >= 0.3 is 0 Å². The summed E-state index contributed by atoms with van der Waals surface area (Å²) in [6.45, 7) is 1.78. The van der Waals surface area contributed by atoms with Gasteiger partial charge in [-0.25, -0.2) is 4.39 Å². The molecule has 1 N–H and O–H groups in total. The van der Waals surface area contributed by atoms with Gasteiger partial charge in [0.2, 0.25) is 0 Å². The van der Waals surface area contributed by atoms with Crippen LogP contribution < -0.4 is 5.32 Å². The number of amides is 1. The highest BCUT2D eigenvalue weighted by Crippen LogP contribution is 2.22. The van der Waals surface area contributed by atoms with Gasteiger partial charge in [-0.1, -0.05) is 0 Å². The van der Waals surface area contributed by atoms with Crippen molar-refractivity contribution < 1.29 is 9.18 Å². The van der Waals surface area contributed by atoms with Crippen LogP contribution in [0.2, 0.25) is 0 Å². The second-order valence-corrected chi connectivity index (χ2v) is 6.33. The van der Waals surface area contributed by atoms with Gasteiger partial charge in [0, 0.05) is 23.7 Å². The molecule has 2 heterocycles. The van der Waals surface area contributed by atoms with Gasteiger partial charge in [0.15, 0.2) is 0 Å². The van der Waals surface area contributed by atoms with Crippen LogP contribution in [-0.4, -0.2) is 20.7 Å². The monoisotopic (exact) mass is 360 g/mol. The van der Waals surface area contributed by atoms with Gasteiger partial charge in [-0.3, -0.25) is 14.5 Å². The fourth-order valence-electron chi connectivity index (χ4n) is 3.02. The second-order valence-electron chi connectivity index (χ2n) is 6.33. The largest absolute Gasteiger partial charge is 0.322 e. The lowest BCUT2D eigenvalue weighted by atomic mass is 10.1. The summed E-state index contributed by atoms with van der Waals surface area (Å²) in [5, 5.41) is 8.06. The summed E-state index contributed by atoms with van der Waals surface area (Å²) in [5.74, 6) is -0.522. The number of anilines is 1. The van der Waals surface area contributed by atoms with Crippen molar-refractivity contribution in [3.05, 3.63) is 77.9 Å². The van der Waals surface area contributed by atoms with Gasteiger partial charge in [-0.05, 0) is 61.5 Å². The van der Waals surface area contributed by atoms with Crippen LogP contribution in [0.15, 0.2) is 60.8 Å². The molecule has 2 aromatic carbocycles. The summed E-state index contributed by atoms with van der Waals surface area (Å²) in [6, 6.07) is 15.3. The molecule has 2 aromatic heterocycles. The number of hydrogen-bond donors (Lipinski definition) is 1. The first-order chi connectivity index (χ1) is 13.0. The molecule has 0 spiro atoms. The summed E-state index contributed by atoms with van der Waals surface area (Å²) in [4.78, 5) is 17.1. The molecule has 4 aromatic rings. The predicted octanol–water partition coefficient (Wildman–Crippen LogP) is 4.34. The van der Waals surface area contributed by atoms with Crippen LogP contribution in [0.5, 0.6) is 0 Å². The average Bonchev–Trinajstić information content (AvgIpc) is 3.02. The van der Waals surface area contributed by atoms with Gasteiger partial charge in [0.25, 0.3) is 5.91 Å². The molecule has 0 fully saturated rings. The number of pyridine rings is 1. The van der Waals surface area contributed by atoms with Crippen LogP contribution in [0, 0.1) is 12.7 Å². The average molecular weight is 360 g/mol. The van der Waals surface area contributed by atoms with E-state index in [1.165, 1.54) is 12.1 Å². The number of aryl methyl sites for hydroxylation is 2. The Morgan fingerprint density at radius 2 is 1.85 bits per heavy atom. The summed E-state index contributed by atoms with van der Waals surface area (Å²) in [7, 11) is 1.87. The van der Waals surface area contributed by atoms with E-state index in [4.69, 9.17) is 0 Å². The number of hydrogen-bond acceptors (Lipinski definition) is 3. The molecule has 0 radical (unpaired) electrons. The minimum absolute atomic E-state index is 0.228. The molecule has 0 saturated carbocycles. The number of carbonyl (C=O) groups excluding carboxylic acids is 1. The van der Waals surface area contributed by atoms with Crippen molar-refractivity contribution in [1.29, 1.82) is 0 Å². The van der Waals surface area contributed by atoms with E-state index in [0.717, 1.165) is 16.5 Å². The normalized spacial score (nSPS) is 10.9. The summed E-state index contributed by atoms with van der Waals surface area (Å²) in [5.41, 5.74) is 4.29. The Bertz CT molecular complexity index is 1150. The van der Waals surface area contributed by atoms with Crippen LogP contribution in [0.1, 0.15) is 16.1 Å². The first-order valence-corrected chi connectivity index (χ1v) is 8.48. The topological polar surface area (TPSA) is 59.8 Å². The molecule has 27 heavy (non-hydrogen) atoms. The number of rotatable bonds is 3. The maximum absolute atomic E-state index is 13.1. The quantitative estimate of drug-likeness (QED) is 0.591. The number of aromatic nitrogens is 3. The van der Waals surface area contributed by atoms with Crippen LogP contribution in [0.25, 0.3) is 22.2 Å². The Balaban J connectivity index is 1.58. The minimum atomic E-state index is -0.294. The van der Waals surface area contributed by atoms with Crippen molar-refractivity contribution in [3.63, 3.8) is 0 Å². The number of fused-ring (bicyclic) bond motifs is 1. The van der Waals surface area contributed by atoms with Crippen molar-refractivity contribution in [2.24, 2.45) is 7.05 Å². The van der Waals surface area contributed by atoms with Crippen molar-refractivity contribution in [2.45, 2.75) is 6.92 Å². The second kappa shape index (κ2) is 6.64. The first-order valence-electron chi connectivity index (χ1n) is 8.48. The zero-order chi connectivity index (χ0) is 19.0. The van der Waals surface area contributed by atoms with E-state index in [1.54, 1.807) is 42.1 Å². The van der Waals surface area contributed by atoms with E-state index in [9.17, 15) is 9.18 Å². The third-order valence-corrected chi connectivity index (χ3v) is 4.47. The Morgan fingerprint density at radius 3 is 2.59 bits per heavy atom. The van der Waals surface area contributed by atoms with Crippen molar-refractivity contribution in [1.82, 2.24) is 14.8 Å². The molecular weight excluding hydrogens is 343 g/mol. The molecule has 0 aliphatic carbocycles. The molecule has 0 unspecified atom stereocenters. The molecule has 0 atom stereocenters. The first kappa shape index (κ1) is 16.9. The lowest BCUT2D eigenvalue weighted by Crippen LogP contribution is -2.14. The van der Waals surface area contributed by atoms with E-state index in [-0.39, 0.29) is 11.7 Å². The molecule has 0 bridgehead atoms. The standard InChI is InChI=1S/C21H17FN4O/c1-13-18(8-9-19(24-13)14-3-5-16(22)6-4-14)21(27)25-17-7-10-20-15(11-17)12-23-26(20)2/h3-12H,1-2H3,(H,25,27).